The molecular formula is C12H15NO4S2. The molecule has 0 N–H and O–H groups in total. The van der Waals surface area contributed by atoms with Gasteiger partial charge in [-0.2, -0.15) is 0 Å². The molecule has 2 amide bonds. The van der Waals surface area contributed by atoms with Crippen molar-refractivity contribution < 1.29 is 19.2 Å². The van der Waals surface area contributed by atoms with E-state index in [-0.39, 0.29) is 6.42 Å². The molecule has 0 saturated carbocycles. The van der Waals surface area contributed by atoms with Gasteiger partial charge in [-0.1, -0.05) is 33.1 Å². The van der Waals surface area contributed by atoms with E-state index >= 15 is 0 Å². The van der Waals surface area contributed by atoms with Crippen molar-refractivity contribution in [2.24, 2.45) is 0 Å². The number of carbonyl (C=O) groups excluding carboxylic acids is 3. The average molecular weight is 301 g/mol. The predicted molar refractivity (Wildman–Crippen MR) is 74.0 cm³/mol. The van der Waals surface area contributed by atoms with Crippen LogP contribution < -0.4 is 0 Å². The molecule has 0 spiro atoms. The first-order valence-corrected chi connectivity index (χ1v) is 8.60. The topological polar surface area (TPSA) is 63.7 Å². The van der Waals surface area contributed by atoms with Gasteiger partial charge in [0, 0.05) is 29.6 Å². The molecule has 104 valence electrons. The van der Waals surface area contributed by atoms with Gasteiger partial charge in [-0.25, -0.2) is 4.79 Å². The molecule has 0 aliphatic carbocycles. The highest BCUT2D eigenvalue weighted by molar-refractivity contribution is 8.77. The Morgan fingerprint density at radius 1 is 1.32 bits per heavy atom. The molecule has 0 aromatic heterocycles. The van der Waals surface area contributed by atoms with Crippen LogP contribution in [0.2, 0.25) is 0 Å². The van der Waals surface area contributed by atoms with Crippen LogP contribution >= 0.6 is 21.6 Å². The lowest BCUT2D eigenvalue weighted by molar-refractivity contribution is -0.196. The number of amides is 2. The van der Waals surface area contributed by atoms with Gasteiger partial charge in [0.15, 0.2) is 0 Å². The fraction of sp³-hybridized carbons (Fsp3) is 0.583. The Labute approximate surface area is 119 Å². The molecular weight excluding hydrogens is 286 g/mol. The maximum atomic E-state index is 11.5. The number of imide groups is 1. The number of unbranched alkanes of at least 4 members (excludes halogenated alkanes) is 1. The van der Waals surface area contributed by atoms with Gasteiger partial charge in [0.25, 0.3) is 11.8 Å². The molecule has 2 heterocycles. The summed E-state index contributed by atoms with van der Waals surface area (Å²) in [5, 5.41) is 1.21. The second-order valence-electron chi connectivity index (χ2n) is 4.34. The number of nitrogens with zero attached hydrogens (tertiary/aromatic N) is 1. The molecule has 7 heteroatoms. The molecule has 1 saturated heterocycles. The van der Waals surface area contributed by atoms with Gasteiger partial charge in [0.2, 0.25) is 0 Å². The minimum Gasteiger partial charge on any atom is -0.330 e. The van der Waals surface area contributed by atoms with Crippen molar-refractivity contribution in [3.05, 3.63) is 12.2 Å². The first-order chi connectivity index (χ1) is 9.16. The molecule has 5 nitrogen and oxygen atoms in total. The maximum Gasteiger partial charge on any atom is 0.333 e. The van der Waals surface area contributed by atoms with Crippen LogP contribution in [0.4, 0.5) is 0 Å². The number of hydrogen-bond donors (Lipinski definition) is 0. The lowest BCUT2D eigenvalue weighted by Gasteiger charge is -2.12. The van der Waals surface area contributed by atoms with Crippen LogP contribution in [0.5, 0.6) is 0 Å². The monoisotopic (exact) mass is 301 g/mol. The van der Waals surface area contributed by atoms with E-state index in [0.29, 0.717) is 10.3 Å². The molecule has 0 aromatic rings. The van der Waals surface area contributed by atoms with E-state index in [4.69, 9.17) is 4.84 Å². The standard InChI is InChI=1S/C12H15NO4S2/c14-10-5-6-11(15)13(10)17-12(16)4-2-1-3-9-7-8-18-19-9/h5-6,9H,1-4,7-8H2. The molecule has 0 aromatic carbocycles. The van der Waals surface area contributed by atoms with E-state index in [0.717, 1.165) is 31.4 Å². The average Bonchev–Trinajstić information content (AvgIpc) is 3.00. The third-order valence-electron chi connectivity index (χ3n) is 2.85. The summed E-state index contributed by atoms with van der Waals surface area (Å²) in [5.41, 5.74) is 0. The number of hydrogen-bond acceptors (Lipinski definition) is 6. The molecule has 1 unspecified atom stereocenters. The second kappa shape index (κ2) is 7.00. The Morgan fingerprint density at radius 2 is 2.05 bits per heavy atom. The molecule has 1 fully saturated rings. The zero-order chi connectivity index (χ0) is 13.7. The molecule has 0 radical (unpaired) electrons. The first-order valence-electron chi connectivity index (χ1n) is 6.22. The van der Waals surface area contributed by atoms with Gasteiger partial charge in [-0.05, 0) is 19.3 Å². The highest BCUT2D eigenvalue weighted by Crippen LogP contribution is 2.39. The van der Waals surface area contributed by atoms with Crippen molar-refractivity contribution in [1.29, 1.82) is 0 Å². The van der Waals surface area contributed by atoms with Crippen molar-refractivity contribution in [3.8, 4) is 0 Å². The molecule has 19 heavy (non-hydrogen) atoms. The smallest absolute Gasteiger partial charge is 0.330 e. The zero-order valence-corrected chi connectivity index (χ0v) is 12.0. The normalized spacial score (nSPS) is 22.3. The number of rotatable bonds is 6. The first kappa shape index (κ1) is 14.5. The minimum atomic E-state index is -0.599. The molecule has 2 rings (SSSR count). The van der Waals surface area contributed by atoms with E-state index < -0.39 is 17.8 Å². The largest absolute Gasteiger partial charge is 0.333 e. The molecule has 2 aliphatic heterocycles. The molecule has 0 bridgehead atoms. The summed E-state index contributed by atoms with van der Waals surface area (Å²) in [7, 11) is 3.83. The zero-order valence-electron chi connectivity index (χ0n) is 10.4. The fourth-order valence-electron chi connectivity index (χ4n) is 1.83. The summed E-state index contributed by atoms with van der Waals surface area (Å²) in [6.07, 6.45) is 6.45. The Morgan fingerprint density at radius 3 is 2.68 bits per heavy atom. The lowest BCUT2D eigenvalue weighted by Crippen LogP contribution is -2.32. The van der Waals surface area contributed by atoms with E-state index in [2.05, 4.69) is 0 Å². The van der Waals surface area contributed by atoms with Crippen molar-refractivity contribution in [1.82, 2.24) is 5.06 Å². The summed E-state index contributed by atoms with van der Waals surface area (Å²) in [5.74, 6) is -0.516. The lowest BCUT2D eigenvalue weighted by atomic mass is 10.1. The quantitative estimate of drug-likeness (QED) is 0.425. The SMILES string of the molecule is O=C(CCCCC1CCSS1)ON1C(=O)C=CC1=O. The number of carbonyl (C=O) groups is 3. The molecule has 2 aliphatic rings. The van der Waals surface area contributed by atoms with E-state index in [1.54, 1.807) is 0 Å². The van der Waals surface area contributed by atoms with Crippen LogP contribution in [0.25, 0.3) is 0 Å². The predicted octanol–water partition coefficient (Wildman–Crippen LogP) is 2.08. The maximum absolute atomic E-state index is 11.5. The van der Waals surface area contributed by atoms with Crippen molar-refractivity contribution in [3.63, 3.8) is 0 Å². The Balaban J connectivity index is 1.59. The summed E-state index contributed by atoms with van der Waals surface area (Å²) in [6.45, 7) is 0. The van der Waals surface area contributed by atoms with Gasteiger partial charge in [0.1, 0.15) is 0 Å². The third kappa shape index (κ3) is 4.28. The second-order valence-corrected chi connectivity index (χ2v) is 7.13. The van der Waals surface area contributed by atoms with Gasteiger partial charge in [-0.3, -0.25) is 9.59 Å². The minimum absolute atomic E-state index is 0.238. The van der Waals surface area contributed by atoms with Crippen LogP contribution in [0.1, 0.15) is 32.1 Å². The van der Waals surface area contributed by atoms with E-state index in [1.165, 1.54) is 12.2 Å². The summed E-state index contributed by atoms with van der Waals surface area (Å²) >= 11 is 0. The summed E-state index contributed by atoms with van der Waals surface area (Å²) in [4.78, 5) is 38.5. The summed E-state index contributed by atoms with van der Waals surface area (Å²) in [6, 6.07) is 0. The summed E-state index contributed by atoms with van der Waals surface area (Å²) < 4.78 is 0. The van der Waals surface area contributed by atoms with Gasteiger partial charge < -0.3 is 4.84 Å². The van der Waals surface area contributed by atoms with Gasteiger partial charge in [-0.15, -0.1) is 0 Å². The fourth-order valence-corrected chi connectivity index (χ4v) is 4.86. The third-order valence-corrected chi connectivity index (χ3v) is 5.85. The Bertz CT molecular complexity index is 387. The highest BCUT2D eigenvalue weighted by Gasteiger charge is 2.27. The van der Waals surface area contributed by atoms with Gasteiger partial charge >= 0.3 is 5.97 Å². The van der Waals surface area contributed by atoms with Crippen LogP contribution in [-0.2, 0) is 19.2 Å². The van der Waals surface area contributed by atoms with Gasteiger partial charge in [0.05, 0.1) is 0 Å². The van der Waals surface area contributed by atoms with Crippen molar-refractivity contribution >= 4 is 39.4 Å². The van der Waals surface area contributed by atoms with Crippen LogP contribution in [0.3, 0.4) is 0 Å². The van der Waals surface area contributed by atoms with Crippen molar-refractivity contribution in [2.75, 3.05) is 5.75 Å². The van der Waals surface area contributed by atoms with Crippen LogP contribution in [0.15, 0.2) is 12.2 Å². The van der Waals surface area contributed by atoms with Crippen molar-refractivity contribution in [2.45, 2.75) is 37.4 Å². The van der Waals surface area contributed by atoms with Crippen LogP contribution in [0, 0.1) is 0 Å². The van der Waals surface area contributed by atoms with Crippen LogP contribution in [-0.4, -0.2) is 33.8 Å². The Kier molecular flexibility index (Phi) is 5.33. The Hall–Kier alpha value is -0.950. The molecule has 1 atom stereocenters. The highest BCUT2D eigenvalue weighted by atomic mass is 33.1. The van der Waals surface area contributed by atoms with E-state index in [9.17, 15) is 14.4 Å². The number of hydroxylamine groups is 2. The van der Waals surface area contributed by atoms with E-state index in [1.807, 2.05) is 21.6 Å².